The van der Waals surface area contributed by atoms with Crippen LogP contribution in [0.5, 0.6) is 0 Å². The zero-order valence-corrected chi connectivity index (χ0v) is 13.1. The third kappa shape index (κ3) is 3.45. The van der Waals surface area contributed by atoms with Crippen LogP contribution in [0.15, 0.2) is 18.3 Å². The molecule has 0 radical (unpaired) electrons. The number of ketones is 1. The van der Waals surface area contributed by atoms with Gasteiger partial charge in [-0.2, -0.15) is 0 Å². The van der Waals surface area contributed by atoms with Crippen LogP contribution in [0.25, 0.3) is 0 Å². The lowest BCUT2D eigenvalue weighted by molar-refractivity contribution is -0.130. The van der Waals surface area contributed by atoms with Gasteiger partial charge in [-0.15, -0.1) is 0 Å². The number of Topliss-reactive ketones (excluding diaryl/α,β-unsaturated/α-hetero) is 1. The number of likely N-dealkylation sites (tertiary alicyclic amines) is 1. The summed E-state index contributed by atoms with van der Waals surface area (Å²) in [5.41, 5.74) is 1.88. The van der Waals surface area contributed by atoms with E-state index in [0.29, 0.717) is 18.2 Å². The molecule has 1 aliphatic heterocycles. The average molecular weight is 274 g/mol. The van der Waals surface area contributed by atoms with E-state index in [1.54, 1.807) is 0 Å². The van der Waals surface area contributed by atoms with Crippen LogP contribution in [0.2, 0.25) is 0 Å². The van der Waals surface area contributed by atoms with Crippen molar-refractivity contribution in [1.82, 2.24) is 9.88 Å². The lowest BCUT2D eigenvalue weighted by atomic mass is 9.75. The number of hydrogen-bond donors (Lipinski definition) is 0. The summed E-state index contributed by atoms with van der Waals surface area (Å²) in [6.07, 6.45) is 4.30. The largest absolute Gasteiger partial charge is 0.301 e. The minimum Gasteiger partial charge on any atom is -0.301 e. The maximum Gasteiger partial charge on any atom is 0.143 e. The van der Waals surface area contributed by atoms with Gasteiger partial charge >= 0.3 is 0 Å². The predicted octanol–water partition coefficient (Wildman–Crippen LogP) is 3.01. The lowest BCUT2D eigenvalue weighted by Crippen LogP contribution is -2.45. The van der Waals surface area contributed by atoms with E-state index >= 15 is 0 Å². The first-order valence-corrected chi connectivity index (χ1v) is 7.59. The Morgan fingerprint density at radius 1 is 1.35 bits per heavy atom. The number of nitrogens with zero attached hydrogens (tertiary/aromatic N) is 2. The number of aromatic nitrogens is 1. The molecule has 2 rings (SSSR count). The van der Waals surface area contributed by atoms with E-state index in [1.165, 1.54) is 0 Å². The quantitative estimate of drug-likeness (QED) is 0.846. The van der Waals surface area contributed by atoms with Gasteiger partial charge in [0, 0.05) is 29.8 Å². The third-order valence-electron chi connectivity index (χ3n) is 4.64. The first-order chi connectivity index (χ1) is 9.40. The molecule has 0 saturated carbocycles. The minimum atomic E-state index is -0.156. The second-order valence-corrected chi connectivity index (χ2v) is 6.60. The highest BCUT2D eigenvalue weighted by molar-refractivity contribution is 5.86. The molecule has 0 aromatic carbocycles. The Morgan fingerprint density at radius 2 is 2.00 bits per heavy atom. The molecule has 0 bridgehead atoms. The van der Waals surface area contributed by atoms with Crippen molar-refractivity contribution in [2.24, 2.45) is 5.41 Å². The summed E-state index contributed by atoms with van der Waals surface area (Å²) in [4.78, 5) is 19.3. The lowest BCUT2D eigenvalue weighted by Gasteiger charge is -2.40. The molecule has 110 valence electrons. The van der Waals surface area contributed by atoms with Crippen LogP contribution in [0.1, 0.15) is 44.9 Å². The van der Waals surface area contributed by atoms with Crippen LogP contribution in [0.4, 0.5) is 0 Å². The van der Waals surface area contributed by atoms with Crippen LogP contribution in [0.3, 0.4) is 0 Å². The molecule has 1 fully saturated rings. The summed E-state index contributed by atoms with van der Waals surface area (Å²) in [7, 11) is 0. The summed E-state index contributed by atoms with van der Waals surface area (Å²) < 4.78 is 0. The summed E-state index contributed by atoms with van der Waals surface area (Å²) in [6, 6.07) is 4.58. The van der Waals surface area contributed by atoms with Gasteiger partial charge in [0.05, 0.1) is 0 Å². The van der Waals surface area contributed by atoms with Gasteiger partial charge in [0.15, 0.2) is 0 Å². The second-order valence-electron chi connectivity index (χ2n) is 6.60. The molecule has 3 heteroatoms. The molecule has 0 atom stereocenters. The van der Waals surface area contributed by atoms with Crippen molar-refractivity contribution in [3.8, 4) is 0 Å². The highest BCUT2D eigenvalue weighted by Crippen LogP contribution is 2.33. The molecule has 2 heterocycles. The summed E-state index contributed by atoms with van der Waals surface area (Å²) >= 11 is 0. The fourth-order valence-corrected chi connectivity index (χ4v) is 2.81. The number of piperidine rings is 1. The summed E-state index contributed by atoms with van der Waals surface area (Å²) in [5, 5.41) is 0. The van der Waals surface area contributed by atoms with Crippen molar-refractivity contribution >= 4 is 5.78 Å². The monoisotopic (exact) mass is 274 g/mol. The highest BCUT2D eigenvalue weighted by Gasteiger charge is 2.36. The fraction of sp³-hybridized carbons (Fsp3) is 0.647. The maximum atomic E-state index is 12.6. The van der Waals surface area contributed by atoms with E-state index in [2.05, 4.69) is 30.7 Å². The van der Waals surface area contributed by atoms with E-state index in [-0.39, 0.29) is 5.41 Å². The van der Waals surface area contributed by atoms with E-state index in [9.17, 15) is 4.79 Å². The number of aryl methyl sites for hydroxylation is 1. The van der Waals surface area contributed by atoms with Crippen molar-refractivity contribution in [2.45, 2.75) is 53.0 Å². The molecule has 1 aliphatic rings. The van der Waals surface area contributed by atoms with Crippen molar-refractivity contribution < 1.29 is 4.79 Å². The first-order valence-electron chi connectivity index (χ1n) is 7.59. The van der Waals surface area contributed by atoms with E-state index < -0.39 is 0 Å². The van der Waals surface area contributed by atoms with E-state index in [1.807, 2.05) is 25.3 Å². The van der Waals surface area contributed by atoms with Crippen LogP contribution < -0.4 is 0 Å². The van der Waals surface area contributed by atoms with Crippen LogP contribution >= 0.6 is 0 Å². The molecule has 0 N–H and O–H groups in total. The zero-order valence-electron chi connectivity index (χ0n) is 13.1. The molecule has 0 amide bonds. The van der Waals surface area contributed by atoms with Gasteiger partial charge < -0.3 is 4.90 Å². The zero-order chi connectivity index (χ0) is 14.8. The predicted molar refractivity (Wildman–Crippen MR) is 81.7 cm³/mol. The molecule has 3 nitrogen and oxygen atoms in total. The standard InChI is InChI=1S/C17H26N2O/c1-13(2)19-9-7-17(4,8-10-19)16(20)11-15-6-5-14(3)18-12-15/h5-6,12-13H,7-11H2,1-4H3. The Balaban J connectivity index is 1.97. The van der Waals surface area contributed by atoms with Crippen molar-refractivity contribution in [2.75, 3.05) is 13.1 Å². The van der Waals surface area contributed by atoms with Gasteiger partial charge in [-0.3, -0.25) is 9.78 Å². The molecular weight excluding hydrogens is 248 g/mol. The van der Waals surface area contributed by atoms with Gasteiger partial charge in [0.2, 0.25) is 0 Å². The van der Waals surface area contributed by atoms with Crippen LogP contribution in [-0.4, -0.2) is 34.8 Å². The molecular formula is C17H26N2O. The maximum absolute atomic E-state index is 12.6. The SMILES string of the molecule is Cc1ccc(CC(=O)C2(C)CCN(C(C)C)CC2)cn1. The van der Waals surface area contributed by atoms with Gasteiger partial charge in [-0.05, 0) is 58.3 Å². The number of hydrogen-bond acceptors (Lipinski definition) is 3. The molecule has 20 heavy (non-hydrogen) atoms. The topological polar surface area (TPSA) is 33.2 Å². The van der Waals surface area contributed by atoms with Crippen molar-refractivity contribution in [1.29, 1.82) is 0 Å². The van der Waals surface area contributed by atoms with Crippen molar-refractivity contribution in [3.63, 3.8) is 0 Å². The molecule has 1 aromatic rings. The minimum absolute atomic E-state index is 0.156. The number of rotatable bonds is 4. The van der Waals surface area contributed by atoms with Crippen LogP contribution in [0, 0.1) is 12.3 Å². The summed E-state index contributed by atoms with van der Waals surface area (Å²) in [6.45, 7) is 10.6. The van der Waals surface area contributed by atoms with Gasteiger partial charge in [-0.25, -0.2) is 0 Å². The Labute approximate surface area is 122 Å². The molecule has 1 saturated heterocycles. The van der Waals surface area contributed by atoms with Gasteiger partial charge in [-0.1, -0.05) is 13.0 Å². The number of pyridine rings is 1. The first kappa shape index (κ1) is 15.2. The Hall–Kier alpha value is -1.22. The Morgan fingerprint density at radius 3 is 2.50 bits per heavy atom. The molecule has 0 aliphatic carbocycles. The molecule has 0 spiro atoms. The molecule has 1 aromatic heterocycles. The molecule has 0 unspecified atom stereocenters. The second kappa shape index (κ2) is 6.04. The van der Waals surface area contributed by atoms with Gasteiger partial charge in [0.1, 0.15) is 5.78 Å². The third-order valence-corrected chi connectivity index (χ3v) is 4.64. The Kier molecular flexibility index (Phi) is 4.59. The Bertz CT molecular complexity index is 456. The van der Waals surface area contributed by atoms with Crippen LogP contribution in [-0.2, 0) is 11.2 Å². The van der Waals surface area contributed by atoms with Gasteiger partial charge in [0.25, 0.3) is 0 Å². The average Bonchev–Trinajstić information content (AvgIpc) is 2.42. The fourth-order valence-electron chi connectivity index (χ4n) is 2.81. The highest BCUT2D eigenvalue weighted by atomic mass is 16.1. The number of carbonyl (C=O) groups excluding carboxylic acids is 1. The van der Waals surface area contributed by atoms with Crippen molar-refractivity contribution in [3.05, 3.63) is 29.6 Å². The number of carbonyl (C=O) groups is 1. The summed E-state index contributed by atoms with van der Waals surface area (Å²) in [5.74, 6) is 0.367. The smallest absolute Gasteiger partial charge is 0.143 e. The normalized spacial score (nSPS) is 19.2. The van der Waals surface area contributed by atoms with E-state index in [0.717, 1.165) is 37.2 Å². The van der Waals surface area contributed by atoms with E-state index in [4.69, 9.17) is 0 Å².